The first-order valence-corrected chi connectivity index (χ1v) is 22.4. The van der Waals surface area contributed by atoms with E-state index in [1.165, 1.54) is 37.7 Å². The van der Waals surface area contributed by atoms with Crippen molar-refractivity contribution < 1.29 is 63.1 Å². The van der Waals surface area contributed by atoms with Gasteiger partial charge in [-0.05, 0) is 69.4 Å². The number of amides is 6. The molecular formula is C45H44Cl2F10N10O4. The van der Waals surface area contributed by atoms with E-state index in [0.29, 0.717) is 31.8 Å². The Bertz CT molecular complexity index is 2740. The van der Waals surface area contributed by atoms with Gasteiger partial charge in [-0.15, -0.1) is 0 Å². The van der Waals surface area contributed by atoms with Gasteiger partial charge >= 0.3 is 24.4 Å². The van der Waals surface area contributed by atoms with Crippen LogP contribution in [0.15, 0.2) is 48.5 Å². The lowest BCUT2D eigenvalue weighted by Gasteiger charge is -2.38. The van der Waals surface area contributed by atoms with Crippen molar-refractivity contribution in [1.82, 2.24) is 30.0 Å². The van der Waals surface area contributed by atoms with Crippen LogP contribution in [0.25, 0.3) is 0 Å². The number of pyridine rings is 2. The number of rotatable bonds is 10. The lowest BCUT2D eigenvalue weighted by atomic mass is 10.0. The molecule has 26 heteroatoms. The second-order valence-electron chi connectivity index (χ2n) is 17.6. The number of likely N-dealkylation sites (tertiary alicyclic amines) is 1. The lowest BCUT2D eigenvalue weighted by molar-refractivity contribution is -0.138. The molecule has 0 bridgehead atoms. The smallest absolute Gasteiger partial charge is 0.321 e. The van der Waals surface area contributed by atoms with Crippen LogP contribution in [0, 0.1) is 49.0 Å². The van der Waals surface area contributed by atoms with Gasteiger partial charge in [0.1, 0.15) is 45.4 Å². The number of urea groups is 2. The van der Waals surface area contributed by atoms with Gasteiger partial charge in [-0.1, -0.05) is 23.2 Å². The fraction of sp³-hybridized carbons (Fsp3) is 0.422. The molecule has 4 aliphatic rings. The number of hydrogen-bond donors (Lipinski definition) is 1. The molecule has 4 aromatic rings. The second-order valence-corrected chi connectivity index (χ2v) is 18.4. The molecule has 2 aromatic carbocycles. The molecule has 0 spiro atoms. The van der Waals surface area contributed by atoms with E-state index in [0.717, 1.165) is 69.1 Å². The molecule has 0 unspecified atom stereocenters. The minimum absolute atomic E-state index is 0.000169. The van der Waals surface area contributed by atoms with Gasteiger partial charge in [0.25, 0.3) is 11.8 Å². The van der Waals surface area contributed by atoms with Crippen LogP contribution in [0.3, 0.4) is 0 Å². The maximum Gasteiger partial charge on any atom is 0.416 e. The van der Waals surface area contributed by atoms with Crippen molar-refractivity contribution in [3.63, 3.8) is 0 Å². The molecule has 0 radical (unpaired) electrons. The Morgan fingerprint density at radius 2 is 1.03 bits per heavy atom. The Balaban J connectivity index is 0.000000209. The third-order valence-corrected chi connectivity index (χ3v) is 13.0. The zero-order valence-electron chi connectivity index (χ0n) is 38.3. The number of likely N-dealkylation sites (N-methyl/N-ethyl adjacent to an activating group) is 2. The average molecular weight is 1050 g/mol. The third-order valence-electron chi connectivity index (χ3n) is 12.3. The third kappa shape index (κ3) is 10.9. The summed E-state index contributed by atoms with van der Waals surface area (Å²) in [5.41, 5.74) is -2.73. The summed E-state index contributed by atoms with van der Waals surface area (Å²) < 4.78 is 137. The van der Waals surface area contributed by atoms with E-state index < -0.39 is 92.8 Å². The van der Waals surface area contributed by atoms with E-state index >= 15 is 0 Å². The molecule has 382 valence electrons. The van der Waals surface area contributed by atoms with E-state index in [9.17, 15) is 63.1 Å². The number of alkyl halides is 6. The second kappa shape index (κ2) is 20.3. The van der Waals surface area contributed by atoms with Crippen LogP contribution in [-0.2, 0) is 21.9 Å². The highest BCUT2D eigenvalue weighted by molar-refractivity contribution is 6.31. The molecule has 0 aliphatic carbocycles. The first kappa shape index (κ1) is 52.8. The molecule has 8 rings (SSSR count). The Morgan fingerprint density at radius 1 is 0.648 bits per heavy atom. The molecule has 6 amide bonds. The summed E-state index contributed by atoms with van der Waals surface area (Å²) in [5.74, 6) is -6.41. The Kier molecular flexibility index (Phi) is 15.1. The number of carbonyl (C=O) groups is 4. The summed E-state index contributed by atoms with van der Waals surface area (Å²) >= 11 is 11.3. The molecule has 6 heterocycles. The van der Waals surface area contributed by atoms with Crippen molar-refractivity contribution in [1.29, 1.82) is 0 Å². The van der Waals surface area contributed by atoms with Crippen molar-refractivity contribution >= 4 is 70.1 Å². The van der Waals surface area contributed by atoms with Gasteiger partial charge in [-0.25, -0.2) is 37.1 Å². The number of anilines is 4. The lowest BCUT2D eigenvalue weighted by Crippen LogP contribution is -2.50. The van der Waals surface area contributed by atoms with Gasteiger partial charge in [0.05, 0.1) is 35.6 Å². The Hall–Kier alpha value is -5.98. The van der Waals surface area contributed by atoms with E-state index in [1.54, 1.807) is 0 Å². The van der Waals surface area contributed by atoms with Crippen molar-refractivity contribution in [2.24, 2.45) is 11.8 Å². The highest BCUT2D eigenvalue weighted by atomic mass is 35.5. The van der Waals surface area contributed by atoms with E-state index in [1.807, 2.05) is 11.9 Å². The van der Waals surface area contributed by atoms with E-state index in [4.69, 9.17) is 23.2 Å². The molecule has 71 heavy (non-hydrogen) atoms. The molecule has 14 nitrogen and oxygen atoms in total. The molecule has 4 saturated heterocycles. The molecule has 2 aromatic heterocycles. The quantitative estimate of drug-likeness (QED) is 0.125. The van der Waals surface area contributed by atoms with Crippen LogP contribution < -0.4 is 24.9 Å². The van der Waals surface area contributed by atoms with Crippen LogP contribution in [0.1, 0.15) is 22.5 Å². The van der Waals surface area contributed by atoms with E-state index in [2.05, 4.69) is 15.3 Å². The van der Waals surface area contributed by atoms with Crippen LogP contribution in [-0.4, -0.2) is 134 Å². The maximum absolute atomic E-state index is 14.6. The number of benzene rings is 2. The van der Waals surface area contributed by atoms with Gasteiger partial charge in [0.15, 0.2) is 11.6 Å². The fourth-order valence-electron chi connectivity index (χ4n) is 8.66. The summed E-state index contributed by atoms with van der Waals surface area (Å²) in [7, 11) is 4.33. The highest BCUT2D eigenvalue weighted by Gasteiger charge is 2.48. The first-order chi connectivity index (χ1) is 33.2. The van der Waals surface area contributed by atoms with Crippen LogP contribution >= 0.6 is 23.2 Å². The number of carbonyl (C=O) groups excluding carboxylic acids is 4. The van der Waals surface area contributed by atoms with Crippen molar-refractivity contribution in [3.8, 4) is 0 Å². The number of nitrogens with zero attached hydrogens (tertiary/aromatic N) is 9. The zero-order chi connectivity index (χ0) is 52.2. The number of aryl methyl sites for hydroxylation is 2. The standard InChI is InChI=1S/C23H23ClF5N5O2.C22H21ClF5N5O2/c1-12-6-14(23(27,28)29)7-18(30-12)34-17(11-33(22(34)36)10-13-8-31(2)9-13)21(35)32(3)16-5-4-15(25)19(24)20(16)26;1-11-5-13(22(26,27)28)6-17(30-11)33-16(10-32(21(33)35)9-12-7-29-8-12)20(34)31(2)15-4-3-14(24)18(23)19(15)25/h4-7,13,17H,8-11H2,1-3H3;3-6,12,16,29H,7-10H2,1-2H3/t17-;16-/m00/s1. The van der Waals surface area contributed by atoms with Gasteiger partial charge < -0.3 is 29.8 Å². The predicted octanol–water partition coefficient (Wildman–Crippen LogP) is 8.01. The van der Waals surface area contributed by atoms with Gasteiger partial charge in [0.2, 0.25) is 0 Å². The fourth-order valence-corrected chi connectivity index (χ4v) is 8.98. The average Bonchev–Trinajstić information content (AvgIpc) is 3.78. The molecule has 2 atom stereocenters. The van der Waals surface area contributed by atoms with Gasteiger partial charge in [-0.3, -0.25) is 19.4 Å². The van der Waals surface area contributed by atoms with Gasteiger partial charge in [0, 0.05) is 76.6 Å². The number of nitrogens with one attached hydrogen (secondary N) is 1. The molecule has 0 saturated carbocycles. The minimum Gasteiger partial charge on any atom is -0.321 e. The highest BCUT2D eigenvalue weighted by Crippen LogP contribution is 2.38. The predicted molar refractivity (Wildman–Crippen MR) is 241 cm³/mol. The Morgan fingerprint density at radius 3 is 1.37 bits per heavy atom. The molecule has 1 N–H and O–H groups in total. The van der Waals surface area contributed by atoms with Crippen LogP contribution in [0.5, 0.6) is 0 Å². The number of halogens is 12. The van der Waals surface area contributed by atoms with Crippen LogP contribution in [0.2, 0.25) is 10.0 Å². The molecule has 4 aliphatic heterocycles. The summed E-state index contributed by atoms with van der Waals surface area (Å²) in [4.78, 5) is 70.1. The minimum atomic E-state index is -4.70. The maximum atomic E-state index is 14.6. The van der Waals surface area contributed by atoms with Crippen LogP contribution in [0.4, 0.5) is 76.5 Å². The summed E-state index contributed by atoms with van der Waals surface area (Å²) in [6.07, 6.45) is -9.40. The normalized spacial score (nSPS) is 18.9. The van der Waals surface area contributed by atoms with Crippen molar-refractivity contribution in [2.45, 2.75) is 38.3 Å². The summed E-state index contributed by atoms with van der Waals surface area (Å²) in [6.45, 7) is 5.74. The van der Waals surface area contributed by atoms with Gasteiger partial charge in [-0.2, -0.15) is 26.3 Å². The van der Waals surface area contributed by atoms with Crippen molar-refractivity contribution in [2.75, 3.05) is 93.1 Å². The largest absolute Gasteiger partial charge is 0.416 e. The first-order valence-electron chi connectivity index (χ1n) is 21.7. The SMILES string of the molecule is Cc1cc(C(F)(F)F)cc(N2C(=O)N(CC3CN(C)C3)C[C@H]2C(=O)N(C)c2ccc(F)c(Cl)c2F)n1.Cc1cc(C(F)(F)F)cc(N2C(=O)N(CC3CNC3)C[C@H]2C(=O)N(C)c2ccc(F)c(Cl)c2F)n1. The Labute approximate surface area is 409 Å². The summed E-state index contributed by atoms with van der Waals surface area (Å²) in [5, 5.41) is 1.45. The topological polar surface area (TPSA) is 129 Å². The molecule has 4 fully saturated rings. The number of aromatic nitrogens is 2. The number of hydrogen-bond acceptors (Lipinski definition) is 8. The van der Waals surface area contributed by atoms with E-state index in [-0.39, 0.29) is 65.9 Å². The van der Waals surface area contributed by atoms with Crippen molar-refractivity contribution in [3.05, 3.63) is 104 Å². The summed E-state index contributed by atoms with van der Waals surface area (Å²) in [6, 6.07) is 2.91. The monoisotopic (exact) mass is 1050 g/mol. The molecular weight excluding hydrogens is 1010 g/mol. The zero-order valence-corrected chi connectivity index (χ0v) is 39.8.